The molecule has 188 valence electrons. The molecule has 0 saturated carbocycles. The van der Waals surface area contributed by atoms with Crippen molar-refractivity contribution in [3.8, 4) is 5.75 Å². The summed E-state index contributed by atoms with van der Waals surface area (Å²) < 4.78 is 7.99. The second-order valence-corrected chi connectivity index (χ2v) is 10.1. The molecule has 10 heteroatoms. The number of piperazine rings is 1. The molecule has 0 atom stereocenters. The number of imidazole rings is 1. The van der Waals surface area contributed by atoms with Crippen molar-refractivity contribution >= 4 is 33.0 Å². The van der Waals surface area contributed by atoms with Crippen LogP contribution >= 0.6 is 15.9 Å². The summed E-state index contributed by atoms with van der Waals surface area (Å²) >= 11 is 3.50. The van der Waals surface area contributed by atoms with Crippen LogP contribution in [0.1, 0.15) is 16.7 Å². The van der Waals surface area contributed by atoms with E-state index in [4.69, 9.17) is 4.74 Å². The maximum atomic E-state index is 12.7. The maximum Gasteiger partial charge on any atom is 0.328 e. The van der Waals surface area contributed by atoms with Crippen LogP contribution in [0, 0.1) is 0 Å². The normalized spacial score (nSPS) is 14.9. The number of nitrogens with one attached hydrogen (secondary N) is 2. The van der Waals surface area contributed by atoms with Gasteiger partial charge in [0.15, 0.2) is 5.65 Å². The van der Waals surface area contributed by atoms with Gasteiger partial charge in [-0.15, -0.1) is 0 Å². The summed E-state index contributed by atoms with van der Waals surface area (Å²) in [5.74, 6) is 1.18. The molecule has 2 N–H and O–H groups in total. The summed E-state index contributed by atoms with van der Waals surface area (Å²) in [5, 5.41) is 3.32. The first-order chi connectivity index (χ1) is 17.5. The molecule has 1 saturated heterocycles. The molecule has 4 aromatic rings. The van der Waals surface area contributed by atoms with Crippen LogP contribution in [0.3, 0.4) is 0 Å². The van der Waals surface area contributed by atoms with Gasteiger partial charge in [0.1, 0.15) is 11.3 Å². The molecule has 0 spiro atoms. The molecule has 5 rings (SSSR count). The number of anilines is 1. The molecule has 3 heterocycles. The zero-order valence-corrected chi connectivity index (χ0v) is 22.1. The molecule has 0 bridgehead atoms. The van der Waals surface area contributed by atoms with Crippen LogP contribution in [-0.2, 0) is 19.6 Å². The first-order valence-corrected chi connectivity index (χ1v) is 12.8. The summed E-state index contributed by atoms with van der Waals surface area (Å²) in [4.78, 5) is 29.5. The number of nitrogens with zero attached hydrogens (tertiary/aromatic N) is 5. The fourth-order valence-electron chi connectivity index (χ4n) is 4.50. The summed E-state index contributed by atoms with van der Waals surface area (Å²) in [6.45, 7) is 6.29. The Morgan fingerprint density at radius 2 is 1.89 bits per heavy atom. The second-order valence-electron chi connectivity index (χ2n) is 9.16. The lowest BCUT2D eigenvalue weighted by Crippen LogP contribution is -2.43. The zero-order valence-electron chi connectivity index (χ0n) is 20.5. The Hall–Kier alpha value is -3.21. The monoisotopic (exact) mass is 551 g/mol. The van der Waals surface area contributed by atoms with Gasteiger partial charge in [-0.05, 0) is 36.4 Å². The highest BCUT2D eigenvalue weighted by molar-refractivity contribution is 9.10. The van der Waals surface area contributed by atoms with E-state index in [9.17, 15) is 4.79 Å². The summed E-state index contributed by atoms with van der Waals surface area (Å²) in [5.41, 5.74) is 4.24. The van der Waals surface area contributed by atoms with Gasteiger partial charge in [0.05, 0.1) is 19.9 Å². The Kier molecular flexibility index (Phi) is 7.35. The Labute approximate surface area is 218 Å². The predicted molar refractivity (Wildman–Crippen MR) is 144 cm³/mol. The van der Waals surface area contributed by atoms with Crippen molar-refractivity contribution in [2.24, 2.45) is 0 Å². The molecule has 9 nitrogen and oxygen atoms in total. The number of rotatable bonds is 8. The fourth-order valence-corrected chi connectivity index (χ4v) is 4.91. The van der Waals surface area contributed by atoms with Gasteiger partial charge in [-0.25, -0.2) is 9.78 Å². The van der Waals surface area contributed by atoms with Gasteiger partial charge in [-0.1, -0.05) is 40.2 Å². The van der Waals surface area contributed by atoms with Crippen LogP contribution in [0.5, 0.6) is 5.75 Å². The van der Waals surface area contributed by atoms with E-state index in [-0.39, 0.29) is 5.69 Å². The Bertz CT molecular complexity index is 1410. The Morgan fingerprint density at radius 3 is 2.69 bits per heavy atom. The minimum atomic E-state index is -0.241. The predicted octanol–water partition coefficient (Wildman–Crippen LogP) is 3.30. The third-order valence-electron chi connectivity index (χ3n) is 6.53. The lowest BCUT2D eigenvalue weighted by molar-refractivity contribution is 0.148. The number of benzene rings is 2. The molecule has 0 radical (unpaired) electrons. The third kappa shape index (κ3) is 5.61. The van der Waals surface area contributed by atoms with Crippen LogP contribution in [0.2, 0.25) is 0 Å². The van der Waals surface area contributed by atoms with Gasteiger partial charge in [0.25, 0.3) is 0 Å². The van der Waals surface area contributed by atoms with E-state index in [0.29, 0.717) is 36.0 Å². The molecule has 1 fully saturated rings. The standard InChI is InChI=1S/C26H30BrN7O2/c1-32-8-10-33(11-9-32)16-19-5-3-4-18(12-19)14-28-25-29-15-22-24(31-25)34(26(35)30-22)17-20-13-21(27)6-7-23(20)36-2/h3-7,12-13,15H,8-11,14,16-17H2,1-2H3,(H,30,35)(H,28,29,31). The molecular weight excluding hydrogens is 522 g/mol. The lowest BCUT2D eigenvalue weighted by atomic mass is 10.1. The van der Waals surface area contributed by atoms with Crippen LogP contribution in [0.15, 0.2) is 57.9 Å². The highest BCUT2D eigenvalue weighted by Crippen LogP contribution is 2.24. The van der Waals surface area contributed by atoms with Crippen LogP contribution < -0.4 is 15.7 Å². The molecule has 36 heavy (non-hydrogen) atoms. The maximum absolute atomic E-state index is 12.7. The van der Waals surface area contributed by atoms with Gasteiger partial charge in [0.2, 0.25) is 5.95 Å². The van der Waals surface area contributed by atoms with Crippen molar-refractivity contribution in [1.82, 2.24) is 29.3 Å². The Morgan fingerprint density at radius 1 is 1.08 bits per heavy atom. The van der Waals surface area contributed by atoms with Crippen molar-refractivity contribution in [3.63, 3.8) is 0 Å². The van der Waals surface area contributed by atoms with Crippen molar-refractivity contribution in [1.29, 1.82) is 0 Å². The van der Waals surface area contributed by atoms with E-state index < -0.39 is 0 Å². The molecular formula is C26H30BrN7O2. The molecule has 1 aliphatic heterocycles. The number of fused-ring (bicyclic) bond motifs is 1. The van der Waals surface area contributed by atoms with Gasteiger partial charge < -0.3 is 19.9 Å². The minimum absolute atomic E-state index is 0.241. The Balaban J connectivity index is 1.31. The van der Waals surface area contributed by atoms with E-state index in [1.165, 1.54) is 5.56 Å². The van der Waals surface area contributed by atoms with Gasteiger partial charge >= 0.3 is 5.69 Å². The van der Waals surface area contributed by atoms with E-state index in [1.54, 1.807) is 17.9 Å². The number of H-pyrrole nitrogens is 1. The minimum Gasteiger partial charge on any atom is -0.496 e. The molecule has 0 amide bonds. The zero-order chi connectivity index (χ0) is 25.1. The number of aromatic amines is 1. The number of methoxy groups -OCH3 is 1. The first kappa shape index (κ1) is 24.5. The van der Waals surface area contributed by atoms with Crippen molar-refractivity contribution in [2.75, 3.05) is 45.7 Å². The lowest BCUT2D eigenvalue weighted by Gasteiger charge is -2.32. The number of ether oxygens (including phenoxy) is 1. The van der Waals surface area contributed by atoms with E-state index in [0.717, 1.165) is 48.3 Å². The largest absolute Gasteiger partial charge is 0.496 e. The topological polar surface area (TPSA) is 91.3 Å². The molecule has 0 unspecified atom stereocenters. The van der Waals surface area contributed by atoms with Crippen molar-refractivity contribution in [2.45, 2.75) is 19.6 Å². The van der Waals surface area contributed by atoms with Crippen LogP contribution in [0.4, 0.5) is 5.95 Å². The van der Waals surface area contributed by atoms with Crippen molar-refractivity contribution in [3.05, 3.63) is 80.3 Å². The number of likely N-dealkylation sites (N-methyl/N-ethyl adjacent to an activating group) is 1. The third-order valence-corrected chi connectivity index (χ3v) is 7.02. The molecule has 2 aromatic carbocycles. The van der Waals surface area contributed by atoms with Gasteiger partial charge in [0, 0.05) is 49.3 Å². The van der Waals surface area contributed by atoms with Crippen molar-refractivity contribution < 1.29 is 4.74 Å². The number of hydrogen-bond acceptors (Lipinski definition) is 7. The van der Waals surface area contributed by atoms with E-state index >= 15 is 0 Å². The molecule has 2 aromatic heterocycles. The summed E-state index contributed by atoms with van der Waals surface area (Å²) in [7, 11) is 3.79. The number of aromatic nitrogens is 4. The van der Waals surface area contributed by atoms with Crippen LogP contribution in [-0.4, -0.2) is 69.7 Å². The fraction of sp³-hybridized carbons (Fsp3) is 0.346. The van der Waals surface area contributed by atoms with Crippen LogP contribution in [0.25, 0.3) is 11.2 Å². The molecule has 0 aliphatic carbocycles. The van der Waals surface area contributed by atoms with E-state index in [1.807, 2.05) is 18.2 Å². The highest BCUT2D eigenvalue weighted by atomic mass is 79.9. The number of hydrogen-bond donors (Lipinski definition) is 2. The summed E-state index contributed by atoms with van der Waals surface area (Å²) in [6, 6.07) is 14.3. The van der Waals surface area contributed by atoms with Gasteiger partial charge in [-0.2, -0.15) is 4.98 Å². The quantitative estimate of drug-likeness (QED) is 0.347. The molecule has 1 aliphatic rings. The average Bonchev–Trinajstić information content (AvgIpc) is 3.19. The number of halogens is 1. The first-order valence-electron chi connectivity index (χ1n) is 12.0. The second kappa shape index (κ2) is 10.8. The van der Waals surface area contributed by atoms with Gasteiger partial charge in [-0.3, -0.25) is 9.47 Å². The smallest absolute Gasteiger partial charge is 0.328 e. The average molecular weight is 552 g/mol. The summed E-state index contributed by atoms with van der Waals surface area (Å²) in [6.07, 6.45) is 1.64. The SMILES string of the molecule is COc1ccc(Br)cc1Cn1c(=O)[nH]c2cnc(NCc3cccc(CN4CCN(C)CC4)c3)nc21. The highest BCUT2D eigenvalue weighted by Gasteiger charge is 2.15. The van der Waals surface area contributed by atoms with E-state index in [2.05, 4.69) is 77.3 Å².